The molecule has 0 unspecified atom stereocenters. The summed E-state index contributed by atoms with van der Waals surface area (Å²) in [5.41, 5.74) is 0.429. The lowest BCUT2D eigenvalue weighted by Gasteiger charge is -2.42. The Morgan fingerprint density at radius 1 is 1.00 bits per heavy atom. The van der Waals surface area contributed by atoms with Crippen molar-refractivity contribution in [2.24, 2.45) is 0 Å². The number of nitrogens with zero attached hydrogens (tertiary/aromatic N) is 1. The van der Waals surface area contributed by atoms with Crippen molar-refractivity contribution in [1.29, 1.82) is 0 Å². The number of likely N-dealkylation sites (tertiary alicyclic amines) is 1. The van der Waals surface area contributed by atoms with Crippen molar-refractivity contribution in [2.45, 2.75) is 54.0 Å². The van der Waals surface area contributed by atoms with Gasteiger partial charge in [-0.15, -0.1) is 0 Å². The Morgan fingerprint density at radius 2 is 1.36 bits per heavy atom. The van der Waals surface area contributed by atoms with E-state index in [2.05, 4.69) is 25.7 Å². The molecule has 0 spiro atoms. The summed E-state index contributed by atoms with van der Waals surface area (Å²) in [7, 11) is 0. The average molecular weight is 159 g/mol. The van der Waals surface area contributed by atoms with Gasteiger partial charge in [-0.05, 0) is 40.3 Å². The fraction of sp³-hybridized carbons (Fsp3) is 1.00. The van der Waals surface area contributed by atoms with Crippen molar-refractivity contribution >= 4 is 0 Å². The first kappa shape index (κ1) is 13.5. The molecular formula is C10H25N. The molecule has 70 valence electrons. The van der Waals surface area contributed by atoms with Crippen LogP contribution >= 0.6 is 0 Å². The molecule has 11 heavy (non-hydrogen) atoms. The third kappa shape index (κ3) is 4.41. The van der Waals surface area contributed by atoms with E-state index in [4.69, 9.17) is 0 Å². The Balaban J connectivity index is 0. The highest BCUT2D eigenvalue weighted by molar-refractivity contribution is 4.81. The van der Waals surface area contributed by atoms with Crippen LogP contribution in [0.25, 0.3) is 0 Å². The van der Waals surface area contributed by atoms with Gasteiger partial charge in [-0.25, -0.2) is 0 Å². The molecule has 0 aromatic carbocycles. The largest absolute Gasteiger partial charge is 0.298 e. The molecular weight excluding hydrogens is 134 g/mol. The standard InChI is InChI=1S/C7H15N.C2H6.CH4/c1-7(2,3)8-5-4-6-8;1-2;/h4-6H2,1-3H3;1-2H3;1H4. The molecule has 0 atom stereocenters. The summed E-state index contributed by atoms with van der Waals surface area (Å²) in [4.78, 5) is 2.49. The van der Waals surface area contributed by atoms with Crippen molar-refractivity contribution in [3.8, 4) is 0 Å². The van der Waals surface area contributed by atoms with E-state index in [1.165, 1.54) is 19.5 Å². The minimum absolute atomic E-state index is 0. The van der Waals surface area contributed by atoms with Crippen LogP contribution in [0.3, 0.4) is 0 Å². The zero-order valence-corrected chi connectivity index (χ0v) is 8.07. The summed E-state index contributed by atoms with van der Waals surface area (Å²) in [6, 6.07) is 0. The second-order valence-corrected chi connectivity index (χ2v) is 3.51. The molecule has 1 heterocycles. The molecule has 1 fully saturated rings. The molecule has 1 nitrogen and oxygen atoms in total. The minimum atomic E-state index is 0. The van der Waals surface area contributed by atoms with Crippen LogP contribution in [0.4, 0.5) is 0 Å². The summed E-state index contributed by atoms with van der Waals surface area (Å²) in [6.07, 6.45) is 1.40. The second kappa shape index (κ2) is 5.59. The van der Waals surface area contributed by atoms with Crippen LogP contribution in [0, 0.1) is 0 Å². The molecule has 0 amide bonds. The molecule has 1 heteroatoms. The maximum absolute atomic E-state index is 2.49. The summed E-state index contributed by atoms with van der Waals surface area (Å²) in [5.74, 6) is 0. The van der Waals surface area contributed by atoms with E-state index >= 15 is 0 Å². The van der Waals surface area contributed by atoms with E-state index in [1.807, 2.05) is 13.8 Å². The fourth-order valence-electron chi connectivity index (χ4n) is 0.987. The molecule has 0 aliphatic carbocycles. The molecule has 0 aromatic heterocycles. The van der Waals surface area contributed by atoms with E-state index < -0.39 is 0 Å². The van der Waals surface area contributed by atoms with Crippen LogP contribution < -0.4 is 0 Å². The first-order valence-electron chi connectivity index (χ1n) is 4.36. The Hall–Kier alpha value is -0.0400. The molecule has 0 bridgehead atoms. The Bertz CT molecular complexity index is 77.4. The van der Waals surface area contributed by atoms with Crippen LogP contribution in [-0.2, 0) is 0 Å². The van der Waals surface area contributed by atoms with Crippen LogP contribution in [0.2, 0.25) is 0 Å². The number of hydrogen-bond donors (Lipinski definition) is 0. The number of hydrogen-bond acceptors (Lipinski definition) is 1. The van der Waals surface area contributed by atoms with Gasteiger partial charge in [-0.3, -0.25) is 4.90 Å². The first-order valence-corrected chi connectivity index (χ1v) is 4.36. The van der Waals surface area contributed by atoms with Gasteiger partial charge in [0, 0.05) is 5.54 Å². The SMILES string of the molecule is C.CC.CC(C)(C)N1CCC1. The Morgan fingerprint density at radius 3 is 1.36 bits per heavy atom. The summed E-state index contributed by atoms with van der Waals surface area (Å²) >= 11 is 0. The van der Waals surface area contributed by atoms with Crippen molar-refractivity contribution in [2.75, 3.05) is 13.1 Å². The van der Waals surface area contributed by atoms with E-state index in [9.17, 15) is 0 Å². The lowest BCUT2D eigenvalue weighted by molar-refractivity contribution is 0.0690. The molecule has 0 aromatic rings. The van der Waals surface area contributed by atoms with E-state index in [-0.39, 0.29) is 7.43 Å². The fourth-order valence-corrected chi connectivity index (χ4v) is 0.987. The highest BCUT2D eigenvalue weighted by atomic mass is 15.2. The van der Waals surface area contributed by atoms with Crippen molar-refractivity contribution in [3.63, 3.8) is 0 Å². The Labute approximate surface area is 72.8 Å². The number of rotatable bonds is 0. The summed E-state index contributed by atoms with van der Waals surface area (Å²) in [6.45, 7) is 13.4. The zero-order valence-electron chi connectivity index (χ0n) is 8.07. The monoisotopic (exact) mass is 159 g/mol. The van der Waals surface area contributed by atoms with Crippen LogP contribution in [-0.4, -0.2) is 23.5 Å². The average Bonchev–Trinajstić information content (AvgIpc) is 1.61. The molecule has 1 rings (SSSR count). The highest BCUT2D eigenvalue weighted by Crippen LogP contribution is 2.19. The van der Waals surface area contributed by atoms with E-state index in [1.54, 1.807) is 0 Å². The maximum Gasteiger partial charge on any atom is 0.0125 e. The third-order valence-corrected chi connectivity index (χ3v) is 1.80. The minimum Gasteiger partial charge on any atom is -0.298 e. The quantitative estimate of drug-likeness (QED) is 0.525. The highest BCUT2D eigenvalue weighted by Gasteiger charge is 2.25. The van der Waals surface area contributed by atoms with Gasteiger partial charge in [0.2, 0.25) is 0 Å². The third-order valence-electron chi connectivity index (χ3n) is 1.80. The van der Waals surface area contributed by atoms with Crippen LogP contribution in [0.5, 0.6) is 0 Å². The van der Waals surface area contributed by atoms with E-state index in [0.29, 0.717) is 5.54 Å². The molecule has 0 radical (unpaired) electrons. The molecule has 0 saturated carbocycles. The van der Waals surface area contributed by atoms with E-state index in [0.717, 1.165) is 0 Å². The smallest absolute Gasteiger partial charge is 0.0125 e. The van der Waals surface area contributed by atoms with Crippen LogP contribution in [0.1, 0.15) is 48.5 Å². The normalized spacial score (nSPS) is 17.2. The predicted octanol–water partition coefficient (Wildman–Crippen LogP) is 3.15. The first-order chi connectivity index (χ1) is 4.61. The second-order valence-electron chi connectivity index (χ2n) is 3.51. The van der Waals surface area contributed by atoms with Gasteiger partial charge >= 0.3 is 0 Å². The Kier molecular flexibility index (Phi) is 6.88. The lowest BCUT2D eigenvalue weighted by atomic mass is 10.0. The molecule has 1 aliphatic rings. The molecule has 1 aliphatic heterocycles. The van der Waals surface area contributed by atoms with Gasteiger partial charge in [0.25, 0.3) is 0 Å². The van der Waals surface area contributed by atoms with Gasteiger partial charge in [-0.2, -0.15) is 0 Å². The zero-order chi connectivity index (χ0) is 8.20. The summed E-state index contributed by atoms with van der Waals surface area (Å²) < 4.78 is 0. The molecule has 1 saturated heterocycles. The topological polar surface area (TPSA) is 3.24 Å². The maximum atomic E-state index is 2.49. The van der Waals surface area contributed by atoms with Gasteiger partial charge in [0.15, 0.2) is 0 Å². The predicted molar refractivity (Wildman–Crippen MR) is 54.0 cm³/mol. The lowest BCUT2D eigenvalue weighted by Crippen LogP contribution is -2.49. The summed E-state index contributed by atoms with van der Waals surface area (Å²) in [5, 5.41) is 0. The van der Waals surface area contributed by atoms with Gasteiger partial charge in [0.1, 0.15) is 0 Å². The van der Waals surface area contributed by atoms with Gasteiger partial charge in [0.05, 0.1) is 0 Å². The molecule has 0 N–H and O–H groups in total. The van der Waals surface area contributed by atoms with Crippen molar-refractivity contribution in [3.05, 3.63) is 0 Å². The van der Waals surface area contributed by atoms with Crippen molar-refractivity contribution < 1.29 is 0 Å². The van der Waals surface area contributed by atoms with Crippen molar-refractivity contribution in [1.82, 2.24) is 4.90 Å². The van der Waals surface area contributed by atoms with Gasteiger partial charge in [-0.1, -0.05) is 21.3 Å². The van der Waals surface area contributed by atoms with Gasteiger partial charge < -0.3 is 0 Å². The van der Waals surface area contributed by atoms with Crippen LogP contribution in [0.15, 0.2) is 0 Å².